The summed E-state index contributed by atoms with van der Waals surface area (Å²) in [5.74, 6) is -0.948. The van der Waals surface area contributed by atoms with Gasteiger partial charge in [0.2, 0.25) is 0 Å². The normalized spacial score (nSPS) is 10.5. The van der Waals surface area contributed by atoms with Crippen LogP contribution in [0.25, 0.3) is 4.96 Å². The van der Waals surface area contributed by atoms with Crippen molar-refractivity contribution in [2.75, 3.05) is 0 Å². The molecular formula is C6H4N2O2S. The summed E-state index contributed by atoms with van der Waals surface area (Å²) < 4.78 is 1.55. The molecule has 0 aliphatic carbocycles. The molecule has 2 aromatic heterocycles. The molecule has 0 saturated carbocycles. The molecule has 2 heterocycles. The maximum Gasteiger partial charge on any atom is 0.354 e. The van der Waals surface area contributed by atoms with Gasteiger partial charge in [-0.05, 0) is 0 Å². The average Bonchev–Trinajstić information content (AvgIpc) is 2.41. The van der Waals surface area contributed by atoms with Crippen molar-refractivity contribution in [3.8, 4) is 0 Å². The topological polar surface area (TPSA) is 54.6 Å². The van der Waals surface area contributed by atoms with E-state index >= 15 is 0 Å². The standard InChI is InChI=1S/C6H4N2O2S/c9-5(10)4-3-7-6-8(4)1-2-11-6/h1-3H,(H,9,10). The van der Waals surface area contributed by atoms with E-state index in [-0.39, 0.29) is 5.69 Å². The zero-order chi connectivity index (χ0) is 7.84. The Morgan fingerprint density at radius 1 is 1.73 bits per heavy atom. The second-order valence-electron chi connectivity index (χ2n) is 2.00. The van der Waals surface area contributed by atoms with E-state index in [1.807, 2.05) is 0 Å². The van der Waals surface area contributed by atoms with Crippen molar-refractivity contribution in [3.63, 3.8) is 0 Å². The molecule has 5 heteroatoms. The SMILES string of the molecule is O=C(O)c1cnc2sccn12. The molecule has 0 aromatic carbocycles. The second-order valence-corrected chi connectivity index (χ2v) is 2.88. The van der Waals surface area contributed by atoms with Crippen molar-refractivity contribution in [2.45, 2.75) is 0 Å². The number of carboxylic acids is 1. The lowest BCUT2D eigenvalue weighted by molar-refractivity contribution is 0.0689. The van der Waals surface area contributed by atoms with Crippen LogP contribution in [-0.2, 0) is 0 Å². The molecule has 0 saturated heterocycles. The molecule has 0 bridgehead atoms. The number of aromatic carboxylic acids is 1. The average molecular weight is 168 g/mol. The zero-order valence-electron chi connectivity index (χ0n) is 5.39. The molecule has 0 aliphatic heterocycles. The van der Waals surface area contributed by atoms with Crippen LogP contribution in [0.2, 0.25) is 0 Å². The number of imidazole rings is 1. The monoisotopic (exact) mass is 168 g/mol. The molecule has 1 N–H and O–H groups in total. The minimum atomic E-state index is -0.948. The molecule has 0 aliphatic rings. The number of rotatable bonds is 1. The van der Waals surface area contributed by atoms with Crippen LogP contribution in [0.1, 0.15) is 10.5 Å². The predicted molar refractivity (Wildman–Crippen MR) is 40.0 cm³/mol. The fourth-order valence-electron chi connectivity index (χ4n) is 0.885. The molecule has 0 atom stereocenters. The van der Waals surface area contributed by atoms with E-state index in [2.05, 4.69) is 4.98 Å². The number of hydrogen-bond donors (Lipinski definition) is 1. The molecule has 2 rings (SSSR count). The Morgan fingerprint density at radius 2 is 2.55 bits per heavy atom. The van der Waals surface area contributed by atoms with Crippen LogP contribution in [-0.4, -0.2) is 20.5 Å². The van der Waals surface area contributed by atoms with Gasteiger partial charge in [0.1, 0.15) is 0 Å². The van der Waals surface area contributed by atoms with Gasteiger partial charge in [-0.2, -0.15) is 0 Å². The first-order valence-electron chi connectivity index (χ1n) is 2.93. The van der Waals surface area contributed by atoms with E-state index in [0.717, 1.165) is 0 Å². The summed E-state index contributed by atoms with van der Waals surface area (Å²) >= 11 is 1.41. The van der Waals surface area contributed by atoms with E-state index in [0.29, 0.717) is 4.96 Å². The van der Waals surface area contributed by atoms with Gasteiger partial charge in [-0.15, -0.1) is 11.3 Å². The zero-order valence-corrected chi connectivity index (χ0v) is 6.21. The quantitative estimate of drug-likeness (QED) is 0.693. The number of carbonyl (C=O) groups is 1. The third-order valence-electron chi connectivity index (χ3n) is 1.37. The summed E-state index contributed by atoms with van der Waals surface area (Å²) in [5.41, 5.74) is 0.209. The van der Waals surface area contributed by atoms with Gasteiger partial charge >= 0.3 is 5.97 Å². The molecule has 56 valence electrons. The highest BCUT2D eigenvalue weighted by Crippen LogP contribution is 2.11. The first-order chi connectivity index (χ1) is 5.29. The highest BCUT2D eigenvalue weighted by atomic mass is 32.1. The van der Waals surface area contributed by atoms with Crippen LogP contribution in [0.3, 0.4) is 0 Å². The number of fused-ring (bicyclic) bond motifs is 1. The molecule has 11 heavy (non-hydrogen) atoms. The molecule has 0 radical (unpaired) electrons. The summed E-state index contributed by atoms with van der Waals surface area (Å²) in [6.45, 7) is 0. The number of thiazole rings is 1. The Morgan fingerprint density at radius 3 is 3.27 bits per heavy atom. The predicted octanol–water partition coefficient (Wildman–Crippen LogP) is 1.09. The van der Waals surface area contributed by atoms with Crippen LogP contribution >= 0.6 is 11.3 Å². The highest BCUT2D eigenvalue weighted by Gasteiger charge is 2.09. The van der Waals surface area contributed by atoms with Crippen molar-refractivity contribution >= 4 is 22.3 Å². The summed E-state index contributed by atoms with van der Waals surface area (Å²) in [5, 5.41) is 10.4. The molecule has 0 spiro atoms. The molecule has 2 aromatic rings. The maximum absolute atomic E-state index is 10.5. The van der Waals surface area contributed by atoms with Gasteiger partial charge < -0.3 is 5.11 Å². The van der Waals surface area contributed by atoms with Gasteiger partial charge in [-0.3, -0.25) is 4.40 Å². The summed E-state index contributed by atoms with van der Waals surface area (Å²) in [4.78, 5) is 15.1. The summed E-state index contributed by atoms with van der Waals surface area (Å²) in [6.07, 6.45) is 3.05. The van der Waals surface area contributed by atoms with Crippen molar-refractivity contribution in [3.05, 3.63) is 23.5 Å². The molecule has 0 unspecified atom stereocenters. The fraction of sp³-hybridized carbons (Fsp3) is 0. The van der Waals surface area contributed by atoms with Crippen LogP contribution in [0.15, 0.2) is 17.8 Å². The van der Waals surface area contributed by atoms with Crippen LogP contribution in [0.5, 0.6) is 0 Å². The van der Waals surface area contributed by atoms with Gasteiger partial charge in [-0.25, -0.2) is 9.78 Å². The lowest BCUT2D eigenvalue weighted by atomic mass is 10.5. The first kappa shape index (κ1) is 6.36. The van der Waals surface area contributed by atoms with E-state index in [1.54, 1.807) is 16.0 Å². The molecule has 4 nitrogen and oxygen atoms in total. The Labute approximate surface area is 65.7 Å². The van der Waals surface area contributed by atoms with Gasteiger partial charge in [0.15, 0.2) is 10.7 Å². The largest absolute Gasteiger partial charge is 0.477 e. The minimum absolute atomic E-state index is 0.209. The smallest absolute Gasteiger partial charge is 0.354 e. The van der Waals surface area contributed by atoms with Crippen molar-refractivity contribution in [2.24, 2.45) is 0 Å². The minimum Gasteiger partial charge on any atom is -0.477 e. The van der Waals surface area contributed by atoms with Crippen LogP contribution in [0, 0.1) is 0 Å². The first-order valence-corrected chi connectivity index (χ1v) is 3.81. The van der Waals surface area contributed by atoms with Crippen LogP contribution < -0.4 is 0 Å². The van der Waals surface area contributed by atoms with Crippen molar-refractivity contribution in [1.82, 2.24) is 9.38 Å². The van der Waals surface area contributed by atoms with Crippen LogP contribution in [0.4, 0.5) is 0 Å². The number of nitrogens with zero attached hydrogens (tertiary/aromatic N) is 2. The van der Waals surface area contributed by atoms with E-state index in [1.165, 1.54) is 17.5 Å². The fourth-order valence-corrected chi connectivity index (χ4v) is 1.58. The van der Waals surface area contributed by atoms with Crippen molar-refractivity contribution < 1.29 is 9.90 Å². The number of hydrogen-bond acceptors (Lipinski definition) is 3. The molecule has 0 amide bonds. The summed E-state index contributed by atoms with van der Waals surface area (Å²) in [6, 6.07) is 0. The van der Waals surface area contributed by atoms with Gasteiger partial charge in [0.05, 0.1) is 6.20 Å². The van der Waals surface area contributed by atoms with E-state index < -0.39 is 5.97 Å². The second kappa shape index (κ2) is 2.06. The molecule has 0 fully saturated rings. The van der Waals surface area contributed by atoms with E-state index in [9.17, 15) is 4.79 Å². The van der Waals surface area contributed by atoms with E-state index in [4.69, 9.17) is 5.11 Å². The van der Waals surface area contributed by atoms with Crippen molar-refractivity contribution in [1.29, 1.82) is 0 Å². The maximum atomic E-state index is 10.5. The molecular weight excluding hydrogens is 164 g/mol. The Balaban J connectivity index is 2.78. The number of carboxylic acid groups (broad SMARTS) is 1. The van der Waals surface area contributed by atoms with Gasteiger partial charge in [-0.1, -0.05) is 0 Å². The van der Waals surface area contributed by atoms with Gasteiger partial charge in [0.25, 0.3) is 0 Å². The van der Waals surface area contributed by atoms with Gasteiger partial charge in [0, 0.05) is 11.6 Å². The third-order valence-corrected chi connectivity index (χ3v) is 2.14. The summed E-state index contributed by atoms with van der Waals surface area (Å²) in [7, 11) is 0. The Hall–Kier alpha value is -1.36. The lowest BCUT2D eigenvalue weighted by Gasteiger charge is -1.86. The third kappa shape index (κ3) is 0.813. The highest BCUT2D eigenvalue weighted by molar-refractivity contribution is 7.15. The Kier molecular flexibility index (Phi) is 1.19. The Bertz CT molecular complexity index is 403. The number of aromatic nitrogens is 2. The lowest BCUT2D eigenvalue weighted by Crippen LogP contribution is -1.98.